The van der Waals surface area contributed by atoms with Gasteiger partial charge in [-0.05, 0) is 42.3 Å². The Labute approximate surface area is 141 Å². The quantitative estimate of drug-likeness (QED) is 0.524. The van der Waals surface area contributed by atoms with Gasteiger partial charge in [-0.15, -0.1) is 0 Å². The van der Waals surface area contributed by atoms with Crippen LogP contribution in [0.2, 0.25) is 0 Å². The second-order valence-electron chi connectivity index (χ2n) is 5.54. The topological polar surface area (TPSA) is 61.7 Å². The molecule has 0 amide bonds. The lowest BCUT2D eigenvalue weighted by atomic mass is 10.1. The first-order valence-corrected chi connectivity index (χ1v) is 8.10. The predicted molar refractivity (Wildman–Crippen MR) is 96.4 cm³/mol. The average Bonchev–Trinajstić information content (AvgIpc) is 3.05. The van der Waals surface area contributed by atoms with Gasteiger partial charge in [-0.1, -0.05) is 37.6 Å². The van der Waals surface area contributed by atoms with Crippen molar-refractivity contribution < 1.29 is 4.74 Å². The van der Waals surface area contributed by atoms with E-state index in [4.69, 9.17) is 4.74 Å². The molecule has 0 saturated carbocycles. The number of hydrogen-bond acceptors (Lipinski definition) is 3. The summed E-state index contributed by atoms with van der Waals surface area (Å²) in [6, 6.07) is 17.7. The number of para-hydroxylation sites is 2. The molecule has 24 heavy (non-hydrogen) atoms. The third kappa shape index (κ3) is 3.64. The van der Waals surface area contributed by atoms with Crippen LogP contribution in [0, 0.1) is 11.3 Å². The highest BCUT2D eigenvalue weighted by atomic mass is 16.5. The van der Waals surface area contributed by atoms with Crippen molar-refractivity contribution in [3.8, 4) is 11.8 Å². The number of aromatic nitrogens is 2. The van der Waals surface area contributed by atoms with E-state index in [0.29, 0.717) is 11.4 Å². The van der Waals surface area contributed by atoms with Gasteiger partial charge in [-0.2, -0.15) is 5.26 Å². The predicted octanol–water partition coefficient (Wildman–Crippen LogP) is 4.81. The van der Waals surface area contributed by atoms with Crippen molar-refractivity contribution in [2.75, 3.05) is 6.61 Å². The normalized spacial score (nSPS) is 11.4. The highest BCUT2D eigenvalue weighted by Crippen LogP contribution is 2.20. The van der Waals surface area contributed by atoms with Gasteiger partial charge in [0.1, 0.15) is 17.6 Å². The summed E-state index contributed by atoms with van der Waals surface area (Å²) in [5.41, 5.74) is 3.22. The number of aromatic amines is 1. The summed E-state index contributed by atoms with van der Waals surface area (Å²) < 4.78 is 5.65. The van der Waals surface area contributed by atoms with Gasteiger partial charge in [0.05, 0.1) is 23.2 Å². The minimum absolute atomic E-state index is 0.505. The average molecular weight is 317 g/mol. The molecule has 3 aromatic rings. The molecule has 1 heterocycles. The molecule has 4 heteroatoms. The maximum absolute atomic E-state index is 9.46. The summed E-state index contributed by atoms with van der Waals surface area (Å²) in [5.74, 6) is 1.44. The van der Waals surface area contributed by atoms with Crippen LogP contribution in [-0.4, -0.2) is 16.6 Å². The summed E-state index contributed by atoms with van der Waals surface area (Å²) in [6.07, 6.45) is 3.99. The van der Waals surface area contributed by atoms with Gasteiger partial charge >= 0.3 is 0 Å². The van der Waals surface area contributed by atoms with Crippen molar-refractivity contribution in [3.05, 3.63) is 59.9 Å². The molecule has 0 spiro atoms. The van der Waals surface area contributed by atoms with Gasteiger partial charge in [0.15, 0.2) is 0 Å². The van der Waals surface area contributed by atoms with E-state index in [9.17, 15) is 5.26 Å². The number of rotatable bonds is 6. The molecule has 120 valence electrons. The first-order valence-electron chi connectivity index (χ1n) is 8.10. The SMILES string of the molecule is CCCCOc1ccc(/C=C(\C#N)c2nc3ccccc3[nH]2)cc1. The van der Waals surface area contributed by atoms with Crippen molar-refractivity contribution in [2.24, 2.45) is 0 Å². The molecular formula is C20H19N3O. The zero-order valence-corrected chi connectivity index (χ0v) is 13.6. The molecule has 0 radical (unpaired) electrons. The third-order valence-electron chi connectivity index (χ3n) is 3.72. The standard InChI is InChI=1S/C20H19N3O/c1-2-3-12-24-17-10-8-15(9-11-17)13-16(14-21)20-22-18-6-4-5-7-19(18)23-20/h4-11,13H,2-3,12H2,1H3,(H,22,23)/b16-13+. The molecule has 1 aromatic heterocycles. The van der Waals surface area contributed by atoms with Crippen LogP contribution in [0.25, 0.3) is 22.7 Å². The number of fused-ring (bicyclic) bond motifs is 1. The fourth-order valence-electron chi connectivity index (χ4n) is 2.40. The first kappa shape index (κ1) is 15.8. The summed E-state index contributed by atoms with van der Waals surface area (Å²) in [6.45, 7) is 2.87. The van der Waals surface area contributed by atoms with Crippen LogP contribution in [0.15, 0.2) is 48.5 Å². The van der Waals surface area contributed by atoms with Crippen molar-refractivity contribution in [1.82, 2.24) is 9.97 Å². The van der Waals surface area contributed by atoms with Crippen molar-refractivity contribution in [3.63, 3.8) is 0 Å². The number of allylic oxidation sites excluding steroid dienone is 1. The van der Waals surface area contributed by atoms with Crippen LogP contribution in [0.5, 0.6) is 5.75 Å². The highest BCUT2D eigenvalue weighted by Gasteiger charge is 2.07. The summed E-state index contributed by atoms with van der Waals surface area (Å²) in [4.78, 5) is 7.66. The van der Waals surface area contributed by atoms with Crippen LogP contribution >= 0.6 is 0 Å². The lowest BCUT2D eigenvalue weighted by Gasteiger charge is -2.05. The number of ether oxygens (including phenoxy) is 1. The van der Waals surface area contributed by atoms with Gasteiger partial charge in [-0.3, -0.25) is 0 Å². The molecule has 1 N–H and O–H groups in total. The zero-order valence-electron chi connectivity index (χ0n) is 13.6. The fourth-order valence-corrected chi connectivity index (χ4v) is 2.40. The van der Waals surface area contributed by atoms with Gasteiger partial charge < -0.3 is 9.72 Å². The number of nitriles is 1. The maximum Gasteiger partial charge on any atom is 0.149 e. The maximum atomic E-state index is 9.46. The molecule has 0 unspecified atom stereocenters. The van der Waals surface area contributed by atoms with E-state index in [1.807, 2.05) is 54.6 Å². The second-order valence-corrected chi connectivity index (χ2v) is 5.54. The van der Waals surface area contributed by atoms with E-state index in [1.54, 1.807) is 0 Å². The molecule has 0 aliphatic rings. The van der Waals surface area contributed by atoms with Crippen LogP contribution < -0.4 is 4.74 Å². The van der Waals surface area contributed by atoms with E-state index in [2.05, 4.69) is 23.0 Å². The van der Waals surface area contributed by atoms with Crippen LogP contribution in [0.3, 0.4) is 0 Å². The van der Waals surface area contributed by atoms with Crippen molar-refractivity contribution in [1.29, 1.82) is 5.26 Å². The molecule has 0 fully saturated rings. The molecule has 4 nitrogen and oxygen atoms in total. The Morgan fingerprint density at radius 1 is 1.21 bits per heavy atom. The summed E-state index contributed by atoms with van der Waals surface area (Å²) >= 11 is 0. The van der Waals surface area contributed by atoms with E-state index < -0.39 is 0 Å². The van der Waals surface area contributed by atoms with E-state index in [0.717, 1.165) is 41.8 Å². The summed E-state index contributed by atoms with van der Waals surface area (Å²) in [7, 11) is 0. The highest BCUT2D eigenvalue weighted by molar-refractivity contribution is 5.90. The Morgan fingerprint density at radius 3 is 2.71 bits per heavy atom. The van der Waals surface area contributed by atoms with Gasteiger partial charge in [-0.25, -0.2) is 4.98 Å². The zero-order chi connectivity index (χ0) is 16.8. The molecule has 0 saturated heterocycles. The smallest absolute Gasteiger partial charge is 0.149 e. The van der Waals surface area contributed by atoms with Crippen LogP contribution in [0.1, 0.15) is 31.2 Å². The van der Waals surface area contributed by atoms with Crippen LogP contribution in [0.4, 0.5) is 0 Å². The summed E-state index contributed by atoms with van der Waals surface area (Å²) in [5, 5.41) is 9.46. The minimum atomic E-state index is 0.505. The second kappa shape index (κ2) is 7.47. The molecule has 0 aliphatic heterocycles. The number of nitrogens with one attached hydrogen (secondary N) is 1. The molecule has 2 aromatic carbocycles. The fraction of sp³-hybridized carbons (Fsp3) is 0.200. The number of unbranched alkanes of at least 4 members (excludes halogenated alkanes) is 1. The Bertz CT molecular complexity index is 852. The molecular weight excluding hydrogens is 298 g/mol. The van der Waals surface area contributed by atoms with E-state index in [-0.39, 0.29) is 0 Å². The Kier molecular flexibility index (Phi) is 4.93. The van der Waals surface area contributed by atoms with Gasteiger partial charge in [0.25, 0.3) is 0 Å². The monoisotopic (exact) mass is 317 g/mol. The van der Waals surface area contributed by atoms with Crippen molar-refractivity contribution in [2.45, 2.75) is 19.8 Å². The Balaban J connectivity index is 1.81. The molecule has 0 atom stereocenters. The largest absolute Gasteiger partial charge is 0.494 e. The first-order chi connectivity index (χ1) is 11.8. The van der Waals surface area contributed by atoms with Crippen molar-refractivity contribution >= 4 is 22.7 Å². The van der Waals surface area contributed by atoms with Gasteiger partial charge in [0, 0.05) is 0 Å². The molecule has 3 rings (SSSR count). The third-order valence-corrected chi connectivity index (χ3v) is 3.72. The Hall–Kier alpha value is -3.06. The number of nitrogens with zero attached hydrogens (tertiary/aromatic N) is 2. The lowest BCUT2D eigenvalue weighted by Crippen LogP contribution is -1.95. The number of benzene rings is 2. The Morgan fingerprint density at radius 2 is 2.00 bits per heavy atom. The molecule has 0 bridgehead atoms. The minimum Gasteiger partial charge on any atom is -0.494 e. The van der Waals surface area contributed by atoms with Crippen LogP contribution in [-0.2, 0) is 0 Å². The number of H-pyrrole nitrogens is 1. The number of imidazole rings is 1. The van der Waals surface area contributed by atoms with Gasteiger partial charge in [0.2, 0.25) is 0 Å². The lowest BCUT2D eigenvalue weighted by molar-refractivity contribution is 0.309. The number of hydrogen-bond donors (Lipinski definition) is 1. The molecule has 0 aliphatic carbocycles. The van der Waals surface area contributed by atoms with E-state index in [1.165, 1.54) is 0 Å². The van der Waals surface area contributed by atoms with E-state index >= 15 is 0 Å².